The smallest absolute Gasteiger partial charge is 0.294 e. The number of thioether (sulfide) groups is 1. The first-order valence-electron chi connectivity index (χ1n) is 6.52. The van der Waals surface area contributed by atoms with Crippen LogP contribution in [0.2, 0.25) is 0 Å². The van der Waals surface area contributed by atoms with Gasteiger partial charge in [-0.2, -0.15) is 8.78 Å². The fourth-order valence-electron chi connectivity index (χ4n) is 1.79. The minimum Gasteiger partial charge on any atom is -0.393 e. The Morgan fingerprint density at radius 2 is 1.75 bits per heavy atom. The summed E-state index contributed by atoms with van der Waals surface area (Å²) in [7, 11) is 0. The van der Waals surface area contributed by atoms with Crippen molar-refractivity contribution in [2.24, 2.45) is 0 Å². The van der Waals surface area contributed by atoms with E-state index in [9.17, 15) is 18.9 Å². The molecule has 0 fully saturated rings. The van der Waals surface area contributed by atoms with E-state index in [-0.39, 0.29) is 16.5 Å². The topological polar surface area (TPSA) is 93.2 Å². The minimum atomic E-state index is -2.48. The molecule has 2 aromatic carbocycles. The lowest BCUT2D eigenvalue weighted by molar-refractivity contribution is -0.383. The summed E-state index contributed by atoms with van der Waals surface area (Å²) in [6, 6.07) is 10.5. The third-order valence-electron chi connectivity index (χ3n) is 2.82. The van der Waals surface area contributed by atoms with Crippen molar-refractivity contribution in [2.75, 3.05) is 16.4 Å². The number of anilines is 3. The molecular weight excluding hydrogens is 358 g/mol. The van der Waals surface area contributed by atoms with Gasteiger partial charge in [0, 0.05) is 22.3 Å². The monoisotopic (exact) mass is 370 g/mol. The fourth-order valence-corrected chi connectivity index (χ4v) is 2.53. The average molecular weight is 370 g/mol. The van der Waals surface area contributed by atoms with Crippen LogP contribution in [0.3, 0.4) is 0 Å². The number of rotatable bonds is 5. The minimum absolute atomic E-state index is 0.0524. The summed E-state index contributed by atoms with van der Waals surface area (Å²) in [6.45, 7) is 0. The van der Waals surface area contributed by atoms with Crippen LogP contribution in [-0.4, -0.2) is 15.8 Å². The molecule has 10 heteroatoms. The molecule has 0 bridgehead atoms. The van der Waals surface area contributed by atoms with E-state index in [1.807, 2.05) is 0 Å². The molecule has 0 saturated heterocycles. The van der Waals surface area contributed by atoms with Crippen LogP contribution in [-0.2, 0) is 0 Å². The number of thiocarbonyl (C=S) groups is 1. The number of hydrogen-bond donors (Lipinski definition) is 3. The molecule has 6 nitrogen and oxygen atoms in total. The molecule has 0 amide bonds. The van der Waals surface area contributed by atoms with Gasteiger partial charge < -0.3 is 16.4 Å². The predicted molar refractivity (Wildman–Crippen MR) is 95.7 cm³/mol. The Morgan fingerprint density at radius 3 is 2.33 bits per heavy atom. The Hall–Kier alpha value is -2.46. The van der Waals surface area contributed by atoms with Crippen LogP contribution in [0, 0.1) is 10.1 Å². The van der Waals surface area contributed by atoms with Gasteiger partial charge in [0.15, 0.2) is 5.11 Å². The van der Waals surface area contributed by atoms with Crippen LogP contribution in [0.5, 0.6) is 0 Å². The molecule has 0 spiro atoms. The standard InChI is InChI=1S/C14H12F2N4O2S2/c15-13(16)24-10-4-1-8(2-5-10)18-14(23)19-9-3-6-11(17)12(7-9)20(21)22/h1-7,13H,17H2,(H2,18,19,23). The molecule has 0 unspecified atom stereocenters. The third-order valence-corrected chi connectivity index (χ3v) is 3.75. The third kappa shape index (κ3) is 5.03. The molecule has 0 radical (unpaired) electrons. The lowest BCUT2D eigenvalue weighted by Crippen LogP contribution is -2.19. The Balaban J connectivity index is 2.00. The molecule has 0 saturated carbocycles. The van der Waals surface area contributed by atoms with Crippen LogP contribution in [0.1, 0.15) is 0 Å². The number of hydrogen-bond acceptors (Lipinski definition) is 5. The van der Waals surface area contributed by atoms with Crippen molar-refractivity contribution in [3.8, 4) is 0 Å². The van der Waals surface area contributed by atoms with E-state index in [0.29, 0.717) is 28.0 Å². The number of halogens is 2. The quantitative estimate of drug-likeness (QED) is 0.237. The van der Waals surface area contributed by atoms with Gasteiger partial charge in [0.25, 0.3) is 11.4 Å². The van der Waals surface area contributed by atoms with Gasteiger partial charge in [-0.15, -0.1) is 0 Å². The lowest BCUT2D eigenvalue weighted by atomic mass is 10.2. The van der Waals surface area contributed by atoms with Gasteiger partial charge in [0.1, 0.15) is 5.69 Å². The van der Waals surface area contributed by atoms with Gasteiger partial charge in [-0.25, -0.2) is 0 Å². The molecule has 0 aromatic heterocycles. The Kier molecular flexibility index (Phi) is 5.88. The zero-order valence-electron chi connectivity index (χ0n) is 12.0. The van der Waals surface area contributed by atoms with Gasteiger partial charge in [0.05, 0.1) is 4.92 Å². The molecule has 0 heterocycles. The molecule has 0 aliphatic carbocycles. The predicted octanol–water partition coefficient (Wildman–Crippen LogP) is 4.30. The van der Waals surface area contributed by atoms with Gasteiger partial charge in [0.2, 0.25) is 0 Å². The van der Waals surface area contributed by atoms with Crippen LogP contribution in [0.15, 0.2) is 47.4 Å². The maximum absolute atomic E-state index is 12.3. The highest BCUT2D eigenvalue weighted by Gasteiger charge is 2.12. The van der Waals surface area contributed by atoms with Crippen molar-refractivity contribution in [3.05, 3.63) is 52.6 Å². The maximum Gasteiger partial charge on any atom is 0.294 e. The average Bonchev–Trinajstić information content (AvgIpc) is 2.50. The summed E-state index contributed by atoms with van der Waals surface area (Å²) in [5, 5.41) is 16.7. The van der Waals surface area contributed by atoms with E-state index in [0.717, 1.165) is 0 Å². The molecule has 24 heavy (non-hydrogen) atoms. The highest BCUT2D eigenvalue weighted by Crippen LogP contribution is 2.27. The Bertz CT molecular complexity index is 757. The van der Waals surface area contributed by atoms with Crippen molar-refractivity contribution in [3.63, 3.8) is 0 Å². The van der Waals surface area contributed by atoms with E-state index in [2.05, 4.69) is 10.6 Å². The van der Waals surface area contributed by atoms with Gasteiger partial charge >= 0.3 is 0 Å². The van der Waals surface area contributed by atoms with Crippen LogP contribution in [0.4, 0.5) is 31.5 Å². The molecule has 4 N–H and O–H groups in total. The molecule has 0 atom stereocenters. The van der Waals surface area contributed by atoms with E-state index >= 15 is 0 Å². The first kappa shape index (κ1) is 17.9. The summed E-state index contributed by atoms with van der Waals surface area (Å²) in [5.41, 5.74) is 6.34. The Labute approximate surface area is 145 Å². The highest BCUT2D eigenvalue weighted by atomic mass is 32.2. The molecule has 126 valence electrons. The van der Waals surface area contributed by atoms with E-state index in [1.165, 1.54) is 24.3 Å². The van der Waals surface area contributed by atoms with Crippen molar-refractivity contribution in [1.82, 2.24) is 0 Å². The summed E-state index contributed by atoms with van der Waals surface area (Å²) < 4.78 is 24.5. The van der Waals surface area contributed by atoms with E-state index in [4.69, 9.17) is 18.0 Å². The second-order valence-corrected chi connectivity index (χ2v) is 5.98. The molecule has 0 aliphatic rings. The zero-order valence-corrected chi connectivity index (χ0v) is 13.7. The van der Waals surface area contributed by atoms with Gasteiger partial charge in [-0.05, 0) is 48.6 Å². The van der Waals surface area contributed by atoms with E-state index in [1.54, 1.807) is 18.2 Å². The van der Waals surface area contributed by atoms with E-state index < -0.39 is 10.7 Å². The summed E-state index contributed by atoms with van der Waals surface area (Å²) in [5.74, 6) is -2.48. The largest absolute Gasteiger partial charge is 0.393 e. The molecule has 0 aliphatic heterocycles. The van der Waals surface area contributed by atoms with Gasteiger partial charge in [-0.1, -0.05) is 11.8 Å². The molecule has 2 rings (SSSR count). The number of nitrogens with one attached hydrogen (secondary N) is 2. The Morgan fingerprint density at radius 1 is 1.17 bits per heavy atom. The molecule has 2 aromatic rings. The molecular formula is C14H12F2N4O2S2. The van der Waals surface area contributed by atoms with Crippen molar-refractivity contribution in [1.29, 1.82) is 0 Å². The SMILES string of the molecule is Nc1ccc(NC(=S)Nc2ccc(SC(F)F)cc2)cc1[N+](=O)[O-]. The fraction of sp³-hybridized carbons (Fsp3) is 0.0714. The van der Waals surface area contributed by atoms with Crippen molar-refractivity contribution in [2.45, 2.75) is 10.7 Å². The number of benzene rings is 2. The summed E-state index contributed by atoms with van der Waals surface area (Å²) in [6.07, 6.45) is 0. The zero-order chi connectivity index (χ0) is 17.7. The second-order valence-electron chi connectivity index (χ2n) is 4.51. The number of nitrogens with two attached hydrogens (primary N) is 1. The summed E-state index contributed by atoms with van der Waals surface area (Å²) >= 11 is 5.56. The maximum atomic E-state index is 12.3. The van der Waals surface area contributed by atoms with Gasteiger partial charge in [-0.3, -0.25) is 10.1 Å². The first-order chi connectivity index (χ1) is 11.3. The van der Waals surface area contributed by atoms with Crippen molar-refractivity contribution < 1.29 is 13.7 Å². The summed E-state index contributed by atoms with van der Waals surface area (Å²) in [4.78, 5) is 10.7. The highest BCUT2D eigenvalue weighted by molar-refractivity contribution is 7.99. The number of nitrogens with zero attached hydrogens (tertiary/aromatic N) is 1. The van der Waals surface area contributed by atoms with Crippen LogP contribution < -0.4 is 16.4 Å². The van der Waals surface area contributed by atoms with Crippen LogP contribution in [0.25, 0.3) is 0 Å². The van der Waals surface area contributed by atoms with Crippen molar-refractivity contribution >= 4 is 51.8 Å². The second kappa shape index (κ2) is 7.88. The number of nitro groups is 1. The number of nitro benzene ring substituents is 1. The number of alkyl halides is 2. The number of nitrogen functional groups attached to an aromatic ring is 1. The first-order valence-corrected chi connectivity index (χ1v) is 7.81. The normalized spacial score (nSPS) is 10.5. The van der Waals surface area contributed by atoms with Crippen LogP contribution >= 0.6 is 24.0 Å². The lowest BCUT2D eigenvalue weighted by Gasteiger charge is -2.11.